The standard InChI is InChI=1S/C20H26FN3O6/c21-14-1-2-15-16(12-24(13-18(26)27)17(15)11-14)19(20(28)29)23-5-3-22(4-6-23)7-9-30-10-8-25/h1-2,11-12,19,25H,3-10,13H2,(H,26,27)(H,28,29). The number of carbonyl (C=O) groups is 2. The van der Waals surface area contributed by atoms with Crippen LogP contribution in [0.2, 0.25) is 0 Å². The molecule has 2 aromatic rings. The highest BCUT2D eigenvalue weighted by atomic mass is 19.1. The fourth-order valence-electron chi connectivity index (χ4n) is 3.88. The normalized spacial score (nSPS) is 16.7. The molecule has 2 heterocycles. The second kappa shape index (κ2) is 9.98. The molecule has 0 amide bonds. The zero-order valence-corrected chi connectivity index (χ0v) is 16.5. The Kier molecular flexibility index (Phi) is 7.38. The van der Waals surface area contributed by atoms with Gasteiger partial charge in [-0.15, -0.1) is 0 Å². The number of nitrogens with zero attached hydrogens (tertiary/aromatic N) is 3. The average molecular weight is 423 g/mol. The van der Waals surface area contributed by atoms with Crippen molar-refractivity contribution in [1.82, 2.24) is 14.4 Å². The molecular weight excluding hydrogens is 397 g/mol. The first-order valence-electron chi connectivity index (χ1n) is 9.78. The van der Waals surface area contributed by atoms with Crippen molar-refractivity contribution in [3.05, 3.63) is 35.8 Å². The Morgan fingerprint density at radius 2 is 1.87 bits per heavy atom. The summed E-state index contributed by atoms with van der Waals surface area (Å²) in [5, 5.41) is 28.4. The number of aliphatic carboxylic acids is 2. The van der Waals surface area contributed by atoms with Gasteiger partial charge in [0, 0.05) is 49.9 Å². The summed E-state index contributed by atoms with van der Waals surface area (Å²) in [6.45, 7) is 3.44. The number of carboxylic acids is 2. The van der Waals surface area contributed by atoms with Crippen molar-refractivity contribution in [1.29, 1.82) is 0 Å². The Balaban J connectivity index is 1.80. The van der Waals surface area contributed by atoms with Crippen molar-refractivity contribution in [3.8, 4) is 0 Å². The molecule has 0 bridgehead atoms. The first-order chi connectivity index (χ1) is 14.4. The number of aromatic nitrogens is 1. The van der Waals surface area contributed by atoms with E-state index in [4.69, 9.17) is 14.9 Å². The van der Waals surface area contributed by atoms with Gasteiger partial charge >= 0.3 is 11.9 Å². The van der Waals surface area contributed by atoms with Crippen LogP contribution in [0.15, 0.2) is 24.4 Å². The molecule has 1 fully saturated rings. The number of rotatable bonds is 10. The second-order valence-electron chi connectivity index (χ2n) is 7.22. The molecule has 9 nitrogen and oxygen atoms in total. The van der Waals surface area contributed by atoms with Gasteiger partial charge in [0.05, 0.1) is 25.3 Å². The maximum Gasteiger partial charge on any atom is 0.325 e. The number of hydrogen-bond acceptors (Lipinski definition) is 6. The first kappa shape index (κ1) is 22.2. The van der Waals surface area contributed by atoms with Crippen molar-refractivity contribution in [2.75, 3.05) is 52.5 Å². The molecule has 1 atom stereocenters. The Hall–Kier alpha value is -2.53. The minimum Gasteiger partial charge on any atom is -0.480 e. The summed E-state index contributed by atoms with van der Waals surface area (Å²) in [5.41, 5.74) is 0.816. The van der Waals surface area contributed by atoms with Crippen LogP contribution in [0.1, 0.15) is 11.6 Å². The van der Waals surface area contributed by atoms with Gasteiger partial charge in [0.25, 0.3) is 0 Å². The highest BCUT2D eigenvalue weighted by Crippen LogP contribution is 2.32. The van der Waals surface area contributed by atoms with Crippen molar-refractivity contribution in [2.24, 2.45) is 0 Å². The third kappa shape index (κ3) is 5.14. The largest absolute Gasteiger partial charge is 0.480 e. The number of halogens is 1. The molecule has 1 aliphatic heterocycles. The Morgan fingerprint density at radius 1 is 1.13 bits per heavy atom. The molecule has 0 spiro atoms. The van der Waals surface area contributed by atoms with E-state index >= 15 is 0 Å². The van der Waals surface area contributed by atoms with E-state index in [1.165, 1.54) is 29.0 Å². The molecule has 164 valence electrons. The van der Waals surface area contributed by atoms with Gasteiger partial charge in [-0.1, -0.05) is 0 Å². The van der Waals surface area contributed by atoms with Gasteiger partial charge in [-0.25, -0.2) is 4.39 Å². The summed E-state index contributed by atoms with van der Waals surface area (Å²) in [7, 11) is 0. The van der Waals surface area contributed by atoms with Gasteiger partial charge in [0.15, 0.2) is 0 Å². The SMILES string of the molecule is O=C(O)Cn1cc(C(C(=O)O)N2CCN(CCOCCO)CC2)c2ccc(F)cc21. The highest BCUT2D eigenvalue weighted by Gasteiger charge is 2.33. The third-order valence-electron chi connectivity index (χ3n) is 5.27. The second-order valence-corrected chi connectivity index (χ2v) is 7.22. The zero-order valence-electron chi connectivity index (χ0n) is 16.5. The summed E-state index contributed by atoms with van der Waals surface area (Å²) in [6, 6.07) is 3.02. The van der Waals surface area contributed by atoms with E-state index in [9.17, 15) is 19.1 Å². The van der Waals surface area contributed by atoms with Crippen molar-refractivity contribution in [2.45, 2.75) is 12.6 Å². The molecule has 10 heteroatoms. The summed E-state index contributed by atoms with van der Waals surface area (Å²) in [6.07, 6.45) is 1.51. The quantitative estimate of drug-likeness (QED) is 0.477. The fourth-order valence-corrected chi connectivity index (χ4v) is 3.88. The van der Waals surface area contributed by atoms with E-state index in [0.717, 1.165) is 0 Å². The Morgan fingerprint density at radius 3 is 2.50 bits per heavy atom. The van der Waals surface area contributed by atoms with Gasteiger partial charge in [0.2, 0.25) is 0 Å². The lowest BCUT2D eigenvalue weighted by Crippen LogP contribution is -2.49. The molecule has 30 heavy (non-hydrogen) atoms. The van der Waals surface area contributed by atoms with Crippen LogP contribution < -0.4 is 0 Å². The summed E-state index contributed by atoms with van der Waals surface area (Å²) in [4.78, 5) is 27.4. The number of ether oxygens (including phenoxy) is 1. The van der Waals surface area contributed by atoms with E-state index in [1.54, 1.807) is 0 Å². The molecule has 1 saturated heterocycles. The topological polar surface area (TPSA) is 115 Å². The van der Waals surface area contributed by atoms with Crippen molar-refractivity contribution >= 4 is 22.8 Å². The van der Waals surface area contributed by atoms with Crippen LogP contribution in [0, 0.1) is 5.82 Å². The minimum absolute atomic E-state index is 0.0204. The van der Waals surface area contributed by atoms with Gasteiger partial charge in [-0.3, -0.25) is 19.4 Å². The monoisotopic (exact) mass is 423 g/mol. The molecule has 3 rings (SSSR count). The van der Waals surface area contributed by atoms with Crippen LogP contribution in [0.4, 0.5) is 4.39 Å². The van der Waals surface area contributed by atoms with E-state index in [0.29, 0.717) is 62.4 Å². The highest BCUT2D eigenvalue weighted by molar-refractivity contribution is 5.90. The number of aliphatic hydroxyl groups excluding tert-OH is 1. The lowest BCUT2D eigenvalue weighted by atomic mass is 10.0. The smallest absolute Gasteiger partial charge is 0.325 e. The molecule has 1 aromatic carbocycles. The zero-order chi connectivity index (χ0) is 21.7. The number of aliphatic hydroxyl groups is 1. The average Bonchev–Trinajstić information content (AvgIpc) is 3.03. The molecular formula is C20H26FN3O6. The van der Waals surface area contributed by atoms with Crippen LogP contribution >= 0.6 is 0 Å². The maximum atomic E-state index is 13.8. The minimum atomic E-state index is -1.09. The predicted molar refractivity (Wildman–Crippen MR) is 106 cm³/mol. The Bertz CT molecular complexity index is 894. The molecule has 1 aliphatic rings. The van der Waals surface area contributed by atoms with Crippen molar-refractivity contribution in [3.63, 3.8) is 0 Å². The molecule has 1 unspecified atom stereocenters. The summed E-state index contributed by atoms with van der Waals surface area (Å²) in [5.74, 6) is -2.64. The van der Waals surface area contributed by atoms with E-state index < -0.39 is 23.8 Å². The van der Waals surface area contributed by atoms with Crippen LogP contribution in [0.3, 0.4) is 0 Å². The third-order valence-corrected chi connectivity index (χ3v) is 5.27. The van der Waals surface area contributed by atoms with Crippen molar-refractivity contribution < 1.29 is 34.0 Å². The predicted octanol–water partition coefficient (Wildman–Crippen LogP) is 0.617. The molecule has 1 aromatic heterocycles. The molecule has 0 radical (unpaired) electrons. The van der Waals surface area contributed by atoms with Gasteiger partial charge < -0.3 is 24.6 Å². The van der Waals surface area contributed by atoms with Crippen LogP contribution in [0.5, 0.6) is 0 Å². The van der Waals surface area contributed by atoms with E-state index in [-0.39, 0.29) is 13.2 Å². The molecule has 0 aliphatic carbocycles. The number of benzene rings is 1. The van der Waals surface area contributed by atoms with Gasteiger partial charge in [-0.2, -0.15) is 0 Å². The van der Waals surface area contributed by atoms with Gasteiger partial charge in [0.1, 0.15) is 18.4 Å². The summed E-state index contributed by atoms with van der Waals surface area (Å²) < 4.78 is 20.4. The maximum absolute atomic E-state index is 13.8. The van der Waals surface area contributed by atoms with Crippen LogP contribution in [-0.2, 0) is 20.9 Å². The Labute approximate surface area is 172 Å². The number of hydrogen-bond donors (Lipinski definition) is 3. The molecule has 3 N–H and O–H groups in total. The first-order valence-corrected chi connectivity index (χ1v) is 9.78. The number of piperazine rings is 1. The van der Waals surface area contributed by atoms with Crippen LogP contribution in [0.25, 0.3) is 10.9 Å². The lowest BCUT2D eigenvalue weighted by molar-refractivity contribution is -0.144. The van der Waals surface area contributed by atoms with Crippen LogP contribution in [-0.4, -0.2) is 94.2 Å². The van der Waals surface area contributed by atoms with E-state index in [2.05, 4.69) is 4.90 Å². The van der Waals surface area contributed by atoms with E-state index in [1.807, 2.05) is 4.90 Å². The molecule has 0 saturated carbocycles. The lowest BCUT2D eigenvalue weighted by Gasteiger charge is -2.37. The summed E-state index contributed by atoms with van der Waals surface area (Å²) >= 11 is 0. The number of fused-ring (bicyclic) bond motifs is 1. The fraction of sp³-hybridized carbons (Fsp3) is 0.500. The van der Waals surface area contributed by atoms with Gasteiger partial charge in [-0.05, 0) is 18.2 Å². The number of carboxylic acid groups (broad SMARTS) is 2.